The summed E-state index contributed by atoms with van der Waals surface area (Å²) in [5.74, 6) is -0.130. The molecule has 0 spiro atoms. The van der Waals surface area contributed by atoms with Crippen LogP contribution in [0.15, 0.2) is 4.47 Å². The van der Waals surface area contributed by atoms with E-state index in [2.05, 4.69) is 26.3 Å². The first-order valence-electron chi connectivity index (χ1n) is 5.56. The van der Waals surface area contributed by atoms with Gasteiger partial charge in [-0.3, -0.25) is 14.3 Å². The Kier molecular flexibility index (Phi) is 5.81. The Morgan fingerprint density at radius 3 is 2.61 bits per heavy atom. The van der Waals surface area contributed by atoms with Crippen molar-refractivity contribution in [2.24, 2.45) is 0 Å². The van der Waals surface area contributed by atoms with Crippen molar-refractivity contribution < 1.29 is 9.59 Å². The maximum absolute atomic E-state index is 11.6. The lowest BCUT2D eigenvalue weighted by Crippen LogP contribution is -2.29. The predicted molar refractivity (Wildman–Crippen MR) is 72.5 cm³/mol. The molecule has 1 aromatic heterocycles. The SMILES string of the molecule is Cc1nn(CC(=O)NCCCC(=O)Cl)c(C)c1Br. The number of hydrogen-bond acceptors (Lipinski definition) is 3. The van der Waals surface area contributed by atoms with Gasteiger partial charge in [0.15, 0.2) is 0 Å². The molecule has 1 amide bonds. The Morgan fingerprint density at radius 1 is 1.44 bits per heavy atom. The summed E-state index contributed by atoms with van der Waals surface area (Å²) in [6.07, 6.45) is 0.822. The standard InChI is InChI=1S/C11H15BrClN3O2/c1-7-11(12)8(2)16(15-7)6-10(18)14-5-3-4-9(13)17/h3-6H2,1-2H3,(H,14,18). The highest BCUT2D eigenvalue weighted by molar-refractivity contribution is 9.10. The molecular weight excluding hydrogens is 321 g/mol. The molecule has 0 aliphatic rings. The maximum Gasteiger partial charge on any atom is 0.241 e. The number of nitrogens with one attached hydrogen (secondary N) is 1. The second-order valence-corrected chi connectivity index (χ2v) is 5.17. The molecule has 0 aliphatic carbocycles. The minimum atomic E-state index is -0.383. The second kappa shape index (κ2) is 6.89. The molecule has 0 aromatic carbocycles. The number of halogens is 2. The smallest absolute Gasteiger partial charge is 0.241 e. The average Bonchev–Trinajstić information content (AvgIpc) is 2.52. The molecule has 0 saturated carbocycles. The summed E-state index contributed by atoms with van der Waals surface area (Å²) in [5, 5.41) is 6.57. The van der Waals surface area contributed by atoms with Crippen LogP contribution in [0.3, 0.4) is 0 Å². The first-order valence-corrected chi connectivity index (χ1v) is 6.73. The Bertz CT molecular complexity index is 459. The van der Waals surface area contributed by atoms with Gasteiger partial charge in [0.2, 0.25) is 11.1 Å². The molecule has 0 unspecified atom stereocenters. The topological polar surface area (TPSA) is 64.0 Å². The normalized spacial score (nSPS) is 10.4. The van der Waals surface area contributed by atoms with E-state index >= 15 is 0 Å². The van der Waals surface area contributed by atoms with Crippen LogP contribution in [0.25, 0.3) is 0 Å². The molecule has 1 rings (SSSR count). The van der Waals surface area contributed by atoms with E-state index < -0.39 is 0 Å². The summed E-state index contributed by atoms with van der Waals surface area (Å²) in [6, 6.07) is 0. The molecule has 0 saturated heterocycles. The number of nitrogens with zero attached hydrogens (tertiary/aromatic N) is 2. The van der Waals surface area contributed by atoms with Crippen LogP contribution in [0.1, 0.15) is 24.2 Å². The van der Waals surface area contributed by atoms with E-state index in [4.69, 9.17) is 11.6 Å². The van der Waals surface area contributed by atoms with Crippen molar-refractivity contribution >= 4 is 38.7 Å². The molecule has 0 aliphatic heterocycles. The minimum Gasteiger partial charge on any atom is -0.354 e. The van der Waals surface area contributed by atoms with Crippen LogP contribution in [0.5, 0.6) is 0 Å². The highest BCUT2D eigenvalue weighted by atomic mass is 79.9. The molecule has 1 aromatic rings. The zero-order valence-electron chi connectivity index (χ0n) is 10.3. The molecule has 0 radical (unpaired) electrons. The third kappa shape index (κ3) is 4.42. The van der Waals surface area contributed by atoms with Crippen LogP contribution in [-0.2, 0) is 16.1 Å². The van der Waals surface area contributed by atoms with Crippen molar-refractivity contribution in [3.63, 3.8) is 0 Å². The fourth-order valence-corrected chi connectivity index (χ4v) is 1.89. The Labute approximate surface area is 119 Å². The van der Waals surface area contributed by atoms with Gasteiger partial charge in [-0.1, -0.05) is 0 Å². The van der Waals surface area contributed by atoms with Gasteiger partial charge in [0, 0.05) is 13.0 Å². The van der Waals surface area contributed by atoms with Crippen LogP contribution in [0.4, 0.5) is 0 Å². The molecule has 18 heavy (non-hydrogen) atoms. The fourth-order valence-electron chi connectivity index (χ4n) is 1.48. The van der Waals surface area contributed by atoms with Gasteiger partial charge in [-0.05, 0) is 47.8 Å². The third-order valence-corrected chi connectivity index (χ3v) is 3.80. The van der Waals surface area contributed by atoms with E-state index in [0.29, 0.717) is 13.0 Å². The zero-order valence-corrected chi connectivity index (χ0v) is 12.6. The molecule has 7 heteroatoms. The number of carbonyl (C=O) groups excluding carboxylic acids is 2. The predicted octanol–water partition coefficient (Wildman–Crippen LogP) is 1.92. The van der Waals surface area contributed by atoms with Gasteiger partial charge >= 0.3 is 0 Å². The van der Waals surface area contributed by atoms with E-state index in [0.717, 1.165) is 15.9 Å². The van der Waals surface area contributed by atoms with E-state index in [1.807, 2.05) is 13.8 Å². The lowest BCUT2D eigenvalue weighted by atomic mass is 10.3. The van der Waals surface area contributed by atoms with Crippen LogP contribution >= 0.6 is 27.5 Å². The molecule has 1 N–H and O–H groups in total. The van der Waals surface area contributed by atoms with Crippen molar-refractivity contribution in [1.29, 1.82) is 0 Å². The largest absolute Gasteiger partial charge is 0.354 e. The highest BCUT2D eigenvalue weighted by Crippen LogP contribution is 2.19. The van der Waals surface area contributed by atoms with E-state index in [-0.39, 0.29) is 24.1 Å². The number of hydrogen-bond donors (Lipinski definition) is 1. The summed E-state index contributed by atoms with van der Waals surface area (Å²) in [5.41, 5.74) is 1.77. The number of carbonyl (C=O) groups is 2. The van der Waals surface area contributed by atoms with Crippen LogP contribution in [0, 0.1) is 13.8 Å². The van der Waals surface area contributed by atoms with Crippen molar-refractivity contribution in [1.82, 2.24) is 15.1 Å². The van der Waals surface area contributed by atoms with Gasteiger partial charge in [-0.25, -0.2) is 0 Å². The highest BCUT2D eigenvalue weighted by Gasteiger charge is 2.11. The Morgan fingerprint density at radius 2 is 2.11 bits per heavy atom. The zero-order chi connectivity index (χ0) is 13.7. The molecule has 0 atom stereocenters. The molecule has 5 nitrogen and oxygen atoms in total. The number of amides is 1. The van der Waals surface area contributed by atoms with Gasteiger partial charge in [0.1, 0.15) is 6.54 Å². The van der Waals surface area contributed by atoms with Crippen LogP contribution < -0.4 is 5.32 Å². The van der Waals surface area contributed by atoms with Crippen molar-refractivity contribution in [2.75, 3.05) is 6.54 Å². The van der Waals surface area contributed by atoms with Crippen molar-refractivity contribution in [3.8, 4) is 0 Å². The quantitative estimate of drug-likeness (QED) is 0.638. The summed E-state index contributed by atoms with van der Waals surface area (Å²) in [6.45, 7) is 4.38. The summed E-state index contributed by atoms with van der Waals surface area (Å²) < 4.78 is 2.56. The van der Waals surface area contributed by atoms with Gasteiger partial charge in [-0.15, -0.1) is 0 Å². The molecule has 0 fully saturated rings. The number of rotatable bonds is 6. The van der Waals surface area contributed by atoms with E-state index in [1.54, 1.807) is 4.68 Å². The van der Waals surface area contributed by atoms with Gasteiger partial charge < -0.3 is 5.32 Å². The molecule has 0 bridgehead atoms. The third-order valence-electron chi connectivity index (χ3n) is 2.46. The van der Waals surface area contributed by atoms with Crippen molar-refractivity contribution in [3.05, 3.63) is 15.9 Å². The summed E-state index contributed by atoms with van der Waals surface area (Å²) in [4.78, 5) is 22.1. The lowest BCUT2D eigenvalue weighted by Gasteiger charge is -2.06. The van der Waals surface area contributed by atoms with Crippen LogP contribution in [-0.4, -0.2) is 27.5 Å². The lowest BCUT2D eigenvalue weighted by molar-refractivity contribution is -0.122. The molecule has 1 heterocycles. The second-order valence-electron chi connectivity index (χ2n) is 3.95. The maximum atomic E-state index is 11.6. The van der Waals surface area contributed by atoms with Gasteiger partial charge in [0.05, 0.1) is 15.9 Å². The molecule has 100 valence electrons. The van der Waals surface area contributed by atoms with Crippen LogP contribution in [0.2, 0.25) is 0 Å². The number of aryl methyl sites for hydroxylation is 1. The van der Waals surface area contributed by atoms with Gasteiger partial charge in [-0.2, -0.15) is 5.10 Å². The Balaban J connectivity index is 2.40. The summed E-state index contributed by atoms with van der Waals surface area (Å²) in [7, 11) is 0. The minimum absolute atomic E-state index is 0.130. The molecular formula is C11H15BrClN3O2. The monoisotopic (exact) mass is 335 g/mol. The average molecular weight is 337 g/mol. The Hall–Kier alpha value is -0.880. The fraction of sp³-hybridized carbons (Fsp3) is 0.545. The van der Waals surface area contributed by atoms with E-state index in [9.17, 15) is 9.59 Å². The first-order chi connectivity index (χ1) is 8.41. The van der Waals surface area contributed by atoms with Crippen molar-refractivity contribution in [2.45, 2.75) is 33.2 Å². The van der Waals surface area contributed by atoms with Gasteiger partial charge in [0.25, 0.3) is 0 Å². The summed E-state index contributed by atoms with van der Waals surface area (Å²) >= 11 is 8.60. The van der Waals surface area contributed by atoms with E-state index in [1.165, 1.54) is 0 Å². The first kappa shape index (κ1) is 15.2. The number of aromatic nitrogens is 2.